The summed E-state index contributed by atoms with van der Waals surface area (Å²) in [5.41, 5.74) is 0.0997. The van der Waals surface area contributed by atoms with Crippen LogP contribution in [0.25, 0.3) is 0 Å². The van der Waals surface area contributed by atoms with Crippen molar-refractivity contribution in [2.24, 2.45) is 0 Å². The summed E-state index contributed by atoms with van der Waals surface area (Å²) in [5.74, 6) is -0.936. The van der Waals surface area contributed by atoms with Crippen LogP contribution in [0.2, 0.25) is 0 Å². The zero-order chi connectivity index (χ0) is 11.7. The van der Waals surface area contributed by atoms with Gasteiger partial charge in [-0.3, -0.25) is 4.79 Å². The second kappa shape index (κ2) is 4.15. The van der Waals surface area contributed by atoms with Gasteiger partial charge in [-0.2, -0.15) is 0 Å². The van der Waals surface area contributed by atoms with Gasteiger partial charge in [-0.05, 0) is 12.1 Å². The number of hydrogen-bond donors (Lipinski definition) is 2. The number of carbonyl (C=O) groups is 1. The molecule has 2 heterocycles. The summed E-state index contributed by atoms with van der Waals surface area (Å²) >= 11 is 0. The second-order valence-corrected chi connectivity index (χ2v) is 3.71. The van der Waals surface area contributed by atoms with Crippen molar-refractivity contribution < 1.29 is 19.4 Å². The maximum atomic E-state index is 12.6. The zero-order valence-electron chi connectivity index (χ0n) is 8.38. The SMILES string of the molecule is O=C(c1ccc(F)cn1)N1C[C@@H](O)[C@@H](O)C1. The summed E-state index contributed by atoms with van der Waals surface area (Å²) < 4.78 is 12.6. The second-order valence-electron chi connectivity index (χ2n) is 3.71. The van der Waals surface area contributed by atoms with E-state index in [2.05, 4.69) is 4.98 Å². The van der Waals surface area contributed by atoms with Crippen LogP contribution in [0.5, 0.6) is 0 Å². The Kier molecular flexibility index (Phi) is 2.84. The molecule has 1 fully saturated rings. The molecule has 0 aromatic carbocycles. The van der Waals surface area contributed by atoms with Crippen LogP contribution in [-0.4, -0.2) is 51.3 Å². The van der Waals surface area contributed by atoms with E-state index in [4.69, 9.17) is 0 Å². The van der Waals surface area contributed by atoms with Crippen LogP contribution < -0.4 is 0 Å². The topological polar surface area (TPSA) is 73.7 Å². The van der Waals surface area contributed by atoms with E-state index < -0.39 is 23.9 Å². The van der Waals surface area contributed by atoms with Gasteiger partial charge in [0, 0.05) is 13.1 Å². The number of nitrogens with zero attached hydrogens (tertiary/aromatic N) is 2. The van der Waals surface area contributed by atoms with Crippen molar-refractivity contribution in [2.75, 3.05) is 13.1 Å². The number of aliphatic hydroxyl groups excluding tert-OH is 2. The third kappa shape index (κ3) is 2.02. The molecule has 1 aliphatic rings. The van der Waals surface area contributed by atoms with Crippen LogP contribution >= 0.6 is 0 Å². The highest BCUT2D eigenvalue weighted by Gasteiger charge is 2.33. The van der Waals surface area contributed by atoms with Crippen molar-refractivity contribution in [3.05, 3.63) is 29.8 Å². The smallest absolute Gasteiger partial charge is 0.272 e. The van der Waals surface area contributed by atoms with Gasteiger partial charge in [-0.25, -0.2) is 9.37 Å². The summed E-state index contributed by atoms with van der Waals surface area (Å²) in [6.45, 7) is 0.137. The molecule has 86 valence electrons. The van der Waals surface area contributed by atoms with Gasteiger partial charge in [-0.15, -0.1) is 0 Å². The van der Waals surface area contributed by atoms with E-state index in [1.165, 1.54) is 11.0 Å². The highest BCUT2D eigenvalue weighted by molar-refractivity contribution is 5.92. The number of aliphatic hydroxyl groups is 2. The van der Waals surface area contributed by atoms with Crippen LogP contribution in [0.3, 0.4) is 0 Å². The van der Waals surface area contributed by atoms with Crippen molar-refractivity contribution in [2.45, 2.75) is 12.2 Å². The molecule has 1 amide bonds. The monoisotopic (exact) mass is 226 g/mol. The first-order chi connectivity index (χ1) is 7.58. The molecular formula is C10H11FN2O3. The van der Waals surface area contributed by atoms with Gasteiger partial charge in [0.15, 0.2) is 0 Å². The third-order valence-electron chi connectivity index (χ3n) is 2.49. The molecule has 0 bridgehead atoms. The maximum Gasteiger partial charge on any atom is 0.272 e. The number of likely N-dealkylation sites (tertiary alicyclic amines) is 1. The first-order valence-corrected chi connectivity index (χ1v) is 4.85. The molecule has 2 N–H and O–H groups in total. The van der Waals surface area contributed by atoms with E-state index in [0.717, 1.165) is 12.3 Å². The Morgan fingerprint density at radius 1 is 1.38 bits per heavy atom. The molecule has 16 heavy (non-hydrogen) atoms. The highest BCUT2D eigenvalue weighted by Crippen LogP contribution is 2.13. The zero-order valence-corrected chi connectivity index (χ0v) is 8.38. The lowest BCUT2D eigenvalue weighted by atomic mass is 10.3. The van der Waals surface area contributed by atoms with E-state index >= 15 is 0 Å². The lowest BCUT2D eigenvalue weighted by molar-refractivity contribution is 0.0572. The number of hydrogen-bond acceptors (Lipinski definition) is 4. The molecule has 1 aromatic rings. The molecule has 5 nitrogen and oxygen atoms in total. The molecule has 2 rings (SSSR count). The Balaban J connectivity index is 2.11. The number of rotatable bonds is 1. The number of β-amino-alcohol motifs (C(OH)–C–C–N with tert-alkyl or cyclic N) is 2. The number of halogens is 1. The van der Waals surface area contributed by atoms with E-state index in [9.17, 15) is 19.4 Å². The maximum absolute atomic E-state index is 12.6. The molecule has 0 spiro atoms. The molecule has 2 atom stereocenters. The lowest BCUT2D eigenvalue weighted by Gasteiger charge is -2.14. The number of carbonyl (C=O) groups excluding carboxylic acids is 1. The van der Waals surface area contributed by atoms with Gasteiger partial charge in [0.25, 0.3) is 5.91 Å². The van der Waals surface area contributed by atoms with Crippen molar-refractivity contribution in [3.63, 3.8) is 0 Å². The largest absolute Gasteiger partial charge is 0.388 e. The molecular weight excluding hydrogens is 215 g/mol. The van der Waals surface area contributed by atoms with Crippen LogP contribution in [0.1, 0.15) is 10.5 Å². The molecule has 0 unspecified atom stereocenters. The van der Waals surface area contributed by atoms with Crippen LogP contribution in [-0.2, 0) is 0 Å². The minimum Gasteiger partial charge on any atom is -0.388 e. The van der Waals surface area contributed by atoms with Crippen LogP contribution in [0, 0.1) is 5.82 Å². The van der Waals surface area contributed by atoms with E-state index in [1.54, 1.807) is 0 Å². The Hall–Kier alpha value is -1.53. The third-order valence-corrected chi connectivity index (χ3v) is 2.49. The van der Waals surface area contributed by atoms with Crippen molar-refractivity contribution in [1.29, 1.82) is 0 Å². The summed E-state index contributed by atoms with van der Waals surface area (Å²) in [6, 6.07) is 2.41. The summed E-state index contributed by atoms with van der Waals surface area (Å²) in [7, 11) is 0. The van der Waals surface area contributed by atoms with Gasteiger partial charge in [0.2, 0.25) is 0 Å². The fraction of sp³-hybridized carbons (Fsp3) is 0.400. The van der Waals surface area contributed by atoms with E-state index in [0.29, 0.717) is 0 Å². The number of aromatic nitrogens is 1. The Morgan fingerprint density at radius 3 is 2.50 bits per heavy atom. The van der Waals surface area contributed by atoms with Gasteiger partial charge in [0.05, 0.1) is 18.4 Å². The first-order valence-electron chi connectivity index (χ1n) is 4.85. The van der Waals surface area contributed by atoms with Crippen molar-refractivity contribution in [1.82, 2.24) is 9.88 Å². The van der Waals surface area contributed by atoms with Gasteiger partial charge < -0.3 is 15.1 Å². The highest BCUT2D eigenvalue weighted by atomic mass is 19.1. The summed E-state index contributed by atoms with van der Waals surface area (Å²) in [4.78, 5) is 16.7. The average Bonchev–Trinajstić information content (AvgIpc) is 2.59. The fourth-order valence-electron chi connectivity index (χ4n) is 1.60. The van der Waals surface area contributed by atoms with Crippen molar-refractivity contribution >= 4 is 5.91 Å². The van der Waals surface area contributed by atoms with E-state index in [1.807, 2.05) is 0 Å². The quantitative estimate of drug-likeness (QED) is 0.670. The van der Waals surface area contributed by atoms with Gasteiger partial charge in [-0.1, -0.05) is 0 Å². The molecule has 1 aromatic heterocycles. The molecule has 6 heteroatoms. The Labute approximate surface area is 91.1 Å². The van der Waals surface area contributed by atoms with Crippen LogP contribution in [0.4, 0.5) is 4.39 Å². The fourth-order valence-corrected chi connectivity index (χ4v) is 1.60. The Bertz CT molecular complexity index is 386. The molecule has 0 aliphatic carbocycles. The standard InChI is InChI=1S/C10H11FN2O3/c11-6-1-2-7(12-3-6)10(16)13-4-8(14)9(15)5-13/h1-3,8-9,14-15H,4-5H2/t8-,9+. The van der Waals surface area contributed by atoms with Gasteiger partial charge in [0.1, 0.15) is 11.5 Å². The van der Waals surface area contributed by atoms with Crippen molar-refractivity contribution in [3.8, 4) is 0 Å². The lowest BCUT2D eigenvalue weighted by Crippen LogP contribution is -2.30. The van der Waals surface area contributed by atoms with Gasteiger partial charge >= 0.3 is 0 Å². The average molecular weight is 226 g/mol. The minimum absolute atomic E-state index is 0.0685. The summed E-state index contributed by atoms with van der Waals surface area (Å²) in [6.07, 6.45) is -0.898. The predicted octanol–water partition coefficient (Wildman–Crippen LogP) is -0.602. The number of amides is 1. The molecule has 0 radical (unpaired) electrons. The minimum atomic E-state index is -0.926. The molecule has 0 saturated carbocycles. The molecule has 1 saturated heterocycles. The van der Waals surface area contributed by atoms with E-state index in [-0.39, 0.29) is 18.8 Å². The molecule has 1 aliphatic heterocycles. The number of pyridine rings is 1. The normalized spacial score (nSPS) is 24.8. The predicted molar refractivity (Wildman–Crippen MR) is 52.1 cm³/mol. The Morgan fingerprint density at radius 2 is 2.00 bits per heavy atom. The first kappa shape index (κ1) is 11.0. The van der Waals surface area contributed by atoms with Crippen LogP contribution in [0.15, 0.2) is 18.3 Å². The summed E-state index contributed by atoms with van der Waals surface area (Å²) in [5, 5.41) is 18.6.